The molecule has 2 aliphatic heterocycles. The lowest BCUT2D eigenvalue weighted by atomic mass is 10.0. The van der Waals surface area contributed by atoms with Crippen molar-refractivity contribution in [3.05, 3.63) is 12.5 Å². The number of piperidine rings is 1. The van der Waals surface area contributed by atoms with E-state index in [1.54, 1.807) is 6.33 Å². The number of anilines is 1. The Bertz CT molecular complexity index is 616. The quantitative estimate of drug-likeness (QED) is 0.921. The third-order valence-corrected chi connectivity index (χ3v) is 5.08. The Kier molecular flexibility index (Phi) is 3.93. The lowest BCUT2D eigenvalue weighted by Gasteiger charge is -2.39. The number of fused-ring (bicyclic) bond motifs is 1. The molecule has 0 amide bonds. The summed E-state index contributed by atoms with van der Waals surface area (Å²) in [6, 6.07) is 0.670. The van der Waals surface area contributed by atoms with Crippen molar-refractivity contribution in [3.8, 4) is 0 Å². The van der Waals surface area contributed by atoms with Gasteiger partial charge < -0.3 is 4.90 Å². The van der Waals surface area contributed by atoms with E-state index in [1.807, 2.05) is 6.20 Å². The van der Waals surface area contributed by atoms with Crippen LogP contribution in [0.1, 0.15) is 38.5 Å². The van der Waals surface area contributed by atoms with Gasteiger partial charge >= 0.3 is 0 Å². The molecular formula is C16H24N6. The highest BCUT2D eigenvalue weighted by molar-refractivity contribution is 5.86. The maximum atomic E-state index is 4.54. The van der Waals surface area contributed by atoms with Gasteiger partial charge in [0.05, 0.1) is 11.6 Å². The van der Waals surface area contributed by atoms with Crippen LogP contribution in [0.2, 0.25) is 0 Å². The summed E-state index contributed by atoms with van der Waals surface area (Å²) < 4.78 is 0. The first-order valence-electron chi connectivity index (χ1n) is 8.55. The van der Waals surface area contributed by atoms with Crippen LogP contribution in [-0.4, -0.2) is 57.3 Å². The van der Waals surface area contributed by atoms with E-state index < -0.39 is 0 Å². The van der Waals surface area contributed by atoms with Crippen molar-refractivity contribution < 1.29 is 0 Å². The zero-order valence-electron chi connectivity index (χ0n) is 13.0. The highest BCUT2D eigenvalue weighted by atomic mass is 15.3. The van der Waals surface area contributed by atoms with E-state index in [0.29, 0.717) is 6.04 Å². The molecule has 2 aromatic rings. The second-order valence-corrected chi connectivity index (χ2v) is 6.52. The molecule has 6 heteroatoms. The third kappa shape index (κ3) is 2.67. The minimum Gasteiger partial charge on any atom is -0.354 e. The maximum absolute atomic E-state index is 4.54. The van der Waals surface area contributed by atoms with Crippen LogP contribution in [0.15, 0.2) is 12.5 Å². The zero-order chi connectivity index (χ0) is 14.8. The van der Waals surface area contributed by atoms with Crippen LogP contribution < -0.4 is 4.90 Å². The summed E-state index contributed by atoms with van der Waals surface area (Å²) in [5.74, 6) is 1.04. The molecule has 0 saturated carbocycles. The standard InChI is InChI=1S/C16H24N6/c1-2-4-8-21(7-3-1)13-6-5-9-22(11-13)16-14-10-19-20-15(14)17-12-18-16/h10,12-13H,1-9,11H2,(H,17,18,19,20). The van der Waals surface area contributed by atoms with Gasteiger partial charge in [-0.3, -0.25) is 10.00 Å². The second-order valence-electron chi connectivity index (χ2n) is 6.52. The Labute approximate surface area is 130 Å². The summed E-state index contributed by atoms with van der Waals surface area (Å²) in [4.78, 5) is 13.9. The minimum atomic E-state index is 0.670. The molecule has 118 valence electrons. The van der Waals surface area contributed by atoms with Gasteiger partial charge in [-0.1, -0.05) is 12.8 Å². The topological polar surface area (TPSA) is 60.9 Å². The average molecular weight is 300 g/mol. The highest BCUT2D eigenvalue weighted by Crippen LogP contribution is 2.26. The summed E-state index contributed by atoms with van der Waals surface area (Å²) >= 11 is 0. The van der Waals surface area contributed by atoms with E-state index in [9.17, 15) is 0 Å². The third-order valence-electron chi connectivity index (χ3n) is 5.08. The first-order valence-corrected chi connectivity index (χ1v) is 8.55. The van der Waals surface area contributed by atoms with Crippen molar-refractivity contribution in [2.45, 2.75) is 44.6 Å². The van der Waals surface area contributed by atoms with Gasteiger partial charge in [-0.05, 0) is 38.8 Å². The van der Waals surface area contributed by atoms with Crippen molar-refractivity contribution in [1.29, 1.82) is 0 Å². The first kappa shape index (κ1) is 13.9. The van der Waals surface area contributed by atoms with Crippen molar-refractivity contribution >= 4 is 16.9 Å². The Morgan fingerprint density at radius 2 is 1.86 bits per heavy atom. The smallest absolute Gasteiger partial charge is 0.160 e. The molecule has 22 heavy (non-hydrogen) atoms. The van der Waals surface area contributed by atoms with Crippen LogP contribution in [0, 0.1) is 0 Å². The van der Waals surface area contributed by atoms with Gasteiger partial charge in [0.15, 0.2) is 5.65 Å². The molecule has 2 aliphatic rings. The van der Waals surface area contributed by atoms with Gasteiger partial charge in [0.2, 0.25) is 0 Å². The van der Waals surface area contributed by atoms with Crippen molar-refractivity contribution in [2.75, 3.05) is 31.1 Å². The lowest BCUT2D eigenvalue weighted by molar-refractivity contribution is 0.182. The minimum absolute atomic E-state index is 0.670. The molecule has 4 heterocycles. The normalized spacial score (nSPS) is 24.5. The molecule has 2 fully saturated rings. The molecule has 0 aliphatic carbocycles. The number of hydrogen-bond acceptors (Lipinski definition) is 5. The molecule has 4 rings (SSSR count). The molecule has 2 aromatic heterocycles. The number of H-pyrrole nitrogens is 1. The first-order chi connectivity index (χ1) is 10.9. The summed E-state index contributed by atoms with van der Waals surface area (Å²) in [6.45, 7) is 4.70. The Morgan fingerprint density at radius 3 is 2.73 bits per heavy atom. The molecule has 6 nitrogen and oxygen atoms in total. The number of nitrogens with zero attached hydrogens (tertiary/aromatic N) is 5. The van der Waals surface area contributed by atoms with Crippen molar-refractivity contribution in [2.24, 2.45) is 0 Å². The molecule has 2 saturated heterocycles. The summed E-state index contributed by atoms with van der Waals surface area (Å²) in [5, 5.41) is 8.10. The molecule has 1 atom stereocenters. The van der Waals surface area contributed by atoms with E-state index >= 15 is 0 Å². The molecule has 0 spiro atoms. The number of aromatic amines is 1. The van der Waals surface area contributed by atoms with Crippen molar-refractivity contribution in [1.82, 2.24) is 25.1 Å². The molecule has 0 aromatic carbocycles. The van der Waals surface area contributed by atoms with Crippen LogP contribution in [0.4, 0.5) is 5.82 Å². The maximum Gasteiger partial charge on any atom is 0.160 e. The van der Waals surface area contributed by atoms with Crippen LogP contribution in [-0.2, 0) is 0 Å². The predicted molar refractivity (Wildman–Crippen MR) is 87.0 cm³/mol. The van der Waals surface area contributed by atoms with Gasteiger partial charge in [0, 0.05) is 19.1 Å². The highest BCUT2D eigenvalue weighted by Gasteiger charge is 2.27. The number of rotatable bonds is 2. The number of aromatic nitrogens is 4. The fraction of sp³-hybridized carbons (Fsp3) is 0.688. The molecule has 1 unspecified atom stereocenters. The van der Waals surface area contributed by atoms with Crippen LogP contribution in [0.25, 0.3) is 11.0 Å². The van der Waals surface area contributed by atoms with Gasteiger partial charge in [0.1, 0.15) is 12.1 Å². The van der Waals surface area contributed by atoms with E-state index in [4.69, 9.17) is 0 Å². The second kappa shape index (κ2) is 6.20. The summed E-state index contributed by atoms with van der Waals surface area (Å²) in [6.07, 6.45) is 11.6. The van der Waals surface area contributed by atoms with Gasteiger partial charge in [0.25, 0.3) is 0 Å². The van der Waals surface area contributed by atoms with E-state index in [-0.39, 0.29) is 0 Å². The largest absolute Gasteiger partial charge is 0.354 e. The average Bonchev–Trinajstić information content (AvgIpc) is 2.88. The fourth-order valence-electron chi connectivity index (χ4n) is 3.91. The van der Waals surface area contributed by atoms with E-state index in [2.05, 4.69) is 30.0 Å². The lowest BCUT2D eigenvalue weighted by Crippen LogP contribution is -2.48. The summed E-state index contributed by atoms with van der Waals surface area (Å²) in [7, 11) is 0. The number of likely N-dealkylation sites (tertiary alicyclic amines) is 1. The molecule has 0 bridgehead atoms. The van der Waals surface area contributed by atoms with Crippen LogP contribution >= 0.6 is 0 Å². The molecule has 0 radical (unpaired) electrons. The van der Waals surface area contributed by atoms with Crippen LogP contribution in [0.3, 0.4) is 0 Å². The van der Waals surface area contributed by atoms with Crippen LogP contribution in [0.5, 0.6) is 0 Å². The van der Waals surface area contributed by atoms with Gasteiger partial charge in [-0.15, -0.1) is 0 Å². The van der Waals surface area contributed by atoms with Gasteiger partial charge in [-0.25, -0.2) is 9.97 Å². The SMILES string of the molecule is c1nc(N2CCCC(N3CCCCCC3)C2)c2cn[nH]c2n1. The fourth-order valence-corrected chi connectivity index (χ4v) is 3.91. The van der Waals surface area contributed by atoms with E-state index in [1.165, 1.54) is 51.6 Å². The van der Waals surface area contributed by atoms with E-state index in [0.717, 1.165) is 29.9 Å². The predicted octanol–water partition coefficient (Wildman–Crippen LogP) is 2.20. The Morgan fingerprint density at radius 1 is 1.00 bits per heavy atom. The number of nitrogens with one attached hydrogen (secondary N) is 1. The van der Waals surface area contributed by atoms with Gasteiger partial charge in [-0.2, -0.15) is 5.10 Å². The van der Waals surface area contributed by atoms with Crippen molar-refractivity contribution in [3.63, 3.8) is 0 Å². The Hall–Kier alpha value is -1.69. The number of hydrogen-bond donors (Lipinski definition) is 1. The summed E-state index contributed by atoms with van der Waals surface area (Å²) in [5.41, 5.74) is 0.835. The molecular weight excluding hydrogens is 276 g/mol. The monoisotopic (exact) mass is 300 g/mol. The molecule has 1 N–H and O–H groups in total. The zero-order valence-corrected chi connectivity index (χ0v) is 13.0. The Balaban J connectivity index is 1.54.